The van der Waals surface area contributed by atoms with Gasteiger partial charge in [-0.25, -0.2) is 15.0 Å². The molecule has 0 fully saturated rings. The highest BCUT2D eigenvalue weighted by molar-refractivity contribution is 6.31. The average Bonchev–Trinajstić information content (AvgIpc) is 2.94. The number of hydrogen-bond donors (Lipinski definition) is 1. The van der Waals surface area contributed by atoms with Crippen molar-refractivity contribution >= 4 is 47.3 Å². The number of carbonyl (C=O) groups is 3. The van der Waals surface area contributed by atoms with Gasteiger partial charge < -0.3 is 14.2 Å². The number of halogens is 2. The molecule has 39 heavy (non-hydrogen) atoms. The van der Waals surface area contributed by atoms with E-state index in [-0.39, 0.29) is 22.6 Å². The second-order valence-electron chi connectivity index (χ2n) is 7.92. The standard InChI is InChI=1S/C29H20Cl2N2O6/c1-37-24-4-2-3-20(15-24)27(34)33-32-17-21-9-14-25(38-28(35)18-5-10-22(30)11-6-18)16-26(21)39-29(36)19-7-12-23(31)13-8-19/h2-17H,1H3,(H,33,34)/b32-17+. The number of hydrazone groups is 1. The monoisotopic (exact) mass is 562 g/mol. The number of ether oxygens (including phenoxy) is 3. The van der Waals surface area contributed by atoms with Crippen molar-refractivity contribution < 1.29 is 28.6 Å². The van der Waals surface area contributed by atoms with Gasteiger partial charge in [-0.1, -0.05) is 29.3 Å². The summed E-state index contributed by atoms with van der Waals surface area (Å²) in [5.74, 6) is -1.11. The number of carbonyl (C=O) groups excluding carboxylic acids is 3. The Morgan fingerprint density at radius 1 is 0.718 bits per heavy atom. The number of rotatable bonds is 8. The molecule has 0 unspecified atom stereocenters. The van der Waals surface area contributed by atoms with Gasteiger partial charge >= 0.3 is 11.9 Å². The Morgan fingerprint density at radius 2 is 1.33 bits per heavy atom. The van der Waals surface area contributed by atoms with Crippen LogP contribution in [0.5, 0.6) is 17.2 Å². The normalized spacial score (nSPS) is 10.6. The molecule has 0 saturated carbocycles. The van der Waals surface area contributed by atoms with Crippen molar-refractivity contribution in [1.29, 1.82) is 0 Å². The average molecular weight is 563 g/mol. The maximum atomic E-state index is 12.8. The molecule has 0 aliphatic heterocycles. The van der Waals surface area contributed by atoms with Crippen LogP contribution in [0.1, 0.15) is 36.6 Å². The second-order valence-corrected chi connectivity index (χ2v) is 8.80. The Morgan fingerprint density at radius 3 is 1.95 bits per heavy atom. The van der Waals surface area contributed by atoms with Crippen molar-refractivity contribution in [2.24, 2.45) is 5.10 Å². The van der Waals surface area contributed by atoms with E-state index in [2.05, 4.69) is 10.5 Å². The maximum absolute atomic E-state index is 12.8. The number of nitrogens with zero attached hydrogens (tertiary/aromatic N) is 1. The minimum Gasteiger partial charge on any atom is -0.497 e. The number of esters is 2. The lowest BCUT2D eigenvalue weighted by Crippen LogP contribution is -2.17. The van der Waals surface area contributed by atoms with Gasteiger partial charge in [0.05, 0.1) is 24.5 Å². The van der Waals surface area contributed by atoms with Gasteiger partial charge in [0, 0.05) is 27.2 Å². The van der Waals surface area contributed by atoms with Gasteiger partial charge in [-0.2, -0.15) is 5.10 Å². The molecule has 1 amide bonds. The van der Waals surface area contributed by atoms with E-state index in [0.717, 1.165) is 0 Å². The number of hydrogen-bond acceptors (Lipinski definition) is 7. The minimum absolute atomic E-state index is 0.0377. The summed E-state index contributed by atoms with van der Waals surface area (Å²) in [6.07, 6.45) is 1.30. The molecule has 0 aliphatic rings. The largest absolute Gasteiger partial charge is 0.497 e. The first-order valence-corrected chi connectivity index (χ1v) is 12.1. The first kappa shape index (κ1) is 27.4. The first-order valence-electron chi connectivity index (χ1n) is 11.4. The van der Waals surface area contributed by atoms with E-state index in [1.54, 1.807) is 48.5 Å². The van der Waals surface area contributed by atoms with Crippen LogP contribution in [0.2, 0.25) is 10.0 Å². The molecule has 0 atom stereocenters. The molecule has 0 radical (unpaired) electrons. The molecule has 4 aromatic carbocycles. The van der Waals surface area contributed by atoms with Crippen LogP contribution in [-0.2, 0) is 0 Å². The fourth-order valence-electron chi connectivity index (χ4n) is 3.26. The van der Waals surface area contributed by atoms with Crippen molar-refractivity contribution in [2.75, 3.05) is 7.11 Å². The van der Waals surface area contributed by atoms with E-state index in [0.29, 0.717) is 26.9 Å². The van der Waals surface area contributed by atoms with Crippen molar-refractivity contribution in [3.63, 3.8) is 0 Å². The number of nitrogens with one attached hydrogen (secondary N) is 1. The zero-order chi connectivity index (χ0) is 27.8. The van der Waals surface area contributed by atoms with Crippen LogP contribution < -0.4 is 19.6 Å². The van der Waals surface area contributed by atoms with Crippen LogP contribution >= 0.6 is 23.2 Å². The van der Waals surface area contributed by atoms with Crippen LogP contribution in [-0.4, -0.2) is 31.2 Å². The van der Waals surface area contributed by atoms with Crippen molar-refractivity contribution in [3.05, 3.63) is 123 Å². The summed E-state index contributed by atoms with van der Waals surface area (Å²) in [4.78, 5) is 37.8. The fraction of sp³-hybridized carbons (Fsp3) is 0.0345. The number of methoxy groups -OCH3 is 1. The van der Waals surface area contributed by atoms with Gasteiger partial charge in [0.25, 0.3) is 5.91 Å². The molecule has 0 aromatic heterocycles. The highest BCUT2D eigenvalue weighted by atomic mass is 35.5. The molecule has 0 heterocycles. The van der Waals surface area contributed by atoms with Gasteiger partial charge in [0.1, 0.15) is 17.2 Å². The molecule has 0 bridgehead atoms. The number of benzene rings is 4. The molecular weight excluding hydrogens is 543 g/mol. The van der Waals surface area contributed by atoms with Crippen LogP contribution in [0.25, 0.3) is 0 Å². The molecule has 4 rings (SSSR count). The molecule has 4 aromatic rings. The molecule has 196 valence electrons. The Kier molecular flexibility index (Phi) is 8.94. The third-order valence-electron chi connectivity index (χ3n) is 5.26. The van der Waals surface area contributed by atoms with Gasteiger partial charge in [-0.3, -0.25) is 4.79 Å². The van der Waals surface area contributed by atoms with Crippen molar-refractivity contribution in [1.82, 2.24) is 5.43 Å². The van der Waals surface area contributed by atoms with Crippen molar-refractivity contribution in [3.8, 4) is 17.2 Å². The quantitative estimate of drug-likeness (QED) is 0.118. The molecule has 0 saturated heterocycles. The Hall–Kier alpha value is -4.66. The third-order valence-corrected chi connectivity index (χ3v) is 5.76. The van der Waals surface area contributed by atoms with Crippen LogP contribution in [0.3, 0.4) is 0 Å². The minimum atomic E-state index is -0.678. The van der Waals surface area contributed by atoms with E-state index in [9.17, 15) is 14.4 Å². The zero-order valence-corrected chi connectivity index (χ0v) is 21.9. The van der Waals surface area contributed by atoms with E-state index >= 15 is 0 Å². The van der Waals surface area contributed by atoms with Crippen molar-refractivity contribution in [2.45, 2.75) is 0 Å². The van der Waals surface area contributed by atoms with E-state index in [1.807, 2.05) is 0 Å². The SMILES string of the molecule is COc1cccc(C(=O)N/N=C/c2ccc(OC(=O)c3ccc(Cl)cc3)cc2OC(=O)c2ccc(Cl)cc2)c1. The van der Waals surface area contributed by atoms with Crippen LogP contribution in [0.4, 0.5) is 0 Å². The Labute approximate surface area is 233 Å². The topological polar surface area (TPSA) is 103 Å². The maximum Gasteiger partial charge on any atom is 0.343 e. The van der Waals surface area contributed by atoms with E-state index < -0.39 is 17.8 Å². The smallest absolute Gasteiger partial charge is 0.343 e. The lowest BCUT2D eigenvalue weighted by molar-refractivity contribution is 0.0732. The molecular formula is C29H20Cl2N2O6. The zero-order valence-electron chi connectivity index (χ0n) is 20.4. The first-order chi connectivity index (χ1) is 18.8. The predicted octanol–water partition coefficient (Wildman–Crippen LogP) is 6.20. The van der Waals surface area contributed by atoms with E-state index in [1.165, 1.54) is 55.8 Å². The highest BCUT2D eigenvalue weighted by Gasteiger charge is 2.15. The fourth-order valence-corrected chi connectivity index (χ4v) is 3.51. The second kappa shape index (κ2) is 12.7. The summed E-state index contributed by atoms with van der Waals surface area (Å²) >= 11 is 11.8. The predicted molar refractivity (Wildman–Crippen MR) is 147 cm³/mol. The van der Waals surface area contributed by atoms with Gasteiger partial charge in [-0.05, 0) is 78.9 Å². The summed E-state index contributed by atoms with van der Waals surface area (Å²) in [5, 5.41) is 4.92. The molecule has 1 N–H and O–H groups in total. The Balaban J connectivity index is 1.56. The summed E-state index contributed by atoms with van der Waals surface area (Å²) < 4.78 is 16.2. The summed E-state index contributed by atoms with van der Waals surface area (Å²) in [6.45, 7) is 0. The summed E-state index contributed by atoms with van der Waals surface area (Å²) in [6, 6.07) is 23.3. The molecule has 0 aliphatic carbocycles. The van der Waals surface area contributed by atoms with E-state index in [4.69, 9.17) is 37.4 Å². The van der Waals surface area contributed by atoms with Gasteiger partial charge in [0.2, 0.25) is 0 Å². The number of amides is 1. The van der Waals surface area contributed by atoms with Gasteiger partial charge in [0.15, 0.2) is 0 Å². The third kappa shape index (κ3) is 7.44. The summed E-state index contributed by atoms with van der Waals surface area (Å²) in [7, 11) is 1.50. The lowest BCUT2D eigenvalue weighted by Gasteiger charge is -2.11. The van der Waals surface area contributed by atoms with Crippen LogP contribution in [0, 0.1) is 0 Å². The van der Waals surface area contributed by atoms with Gasteiger partial charge in [-0.15, -0.1) is 0 Å². The van der Waals surface area contributed by atoms with Crippen LogP contribution in [0.15, 0.2) is 96.1 Å². The summed E-state index contributed by atoms with van der Waals surface area (Å²) in [5.41, 5.74) is 3.61. The molecule has 10 heteroatoms. The lowest BCUT2D eigenvalue weighted by atomic mass is 10.2. The molecule has 0 spiro atoms. The Bertz CT molecular complexity index is 1540. The molecule has 8 nitrogen and oxygen atoms in total. The highest BCUT2D eigenvalue weighted by Crippen LogP contribution is 2.26.